The second-order valence-corrected chi connectivity index (χ2v) is 7.50. The Morgan fingerprint density at radius 1 is 1.15 bits per heavy atom. The van der Waals surface area contributed by atoms with Gasteiger partial charge < -0.3 is 5.32 Å². The molecule has 0 unspecified atom stereocenters. The highest BCUT2D eigenvalue weighted by atomic mass is 32.2. The first-order valence-electron chi connectivity index (χ1n) is 7.27. The molecule has 1 saturated carbocycles. The summed E-state index contributed by atoms with van der Waals surface area (Å²) in [5.74, 6) is 0.187. The van der Waals surface area contributed by atoms with Crippen molar-refractivity contribution in [3.63, 3.8) is 0 Å². The average Bonchev–Trinajstić information content (AvgIpc) is 3.17. The minimum atomic E-state index is -3.23. The van der Waals surface area contributed by atoms with Gasteiger partial charge in [-0.3, -0.25) is 4.72 Å². The number of nitrogens with one attached hydrogen (secondary N) is 2. The molecule has 0 amide bonds. The SMILES string of the molecule is Cc1ccc(NS(=O)(=O)CCCCNC2CC2)cc1C. The molecule has 1 aromatic carbocycles. The fraction of sp³-hybridized carbons (Fsp3) is 0.600. The third-order valence-corrected chi connectivity index (χ3v) is 5.00. The molecule has 0 saturated heterocycles. The smallest absolute Gasteiger partial charge is 0.232 e. The van der Waals surface area contributed by atoms with Crippen molar-refractivity contribution in [2.75, 3.05) is 17.0 Å². The lowest BCUT2D eigenvalue weighted by molar-refractivity contribution is 0.591. The van der Waals surface area contributed by atoms with Crippen molar-refractivity contribution in [1.29, 1.82) is 0 Å². The second-order valence-electron chi connectivity index (χ2n) is 5.66. The summed E-state index contributed by atoms with van der Waals surface area (Å²) in [6.45, 7) is 4.92. The molecule has 20 heavy (non-hydrogen) atoms. The molecule has 1 aromatic rings. The van der Waals surface area contributed by atoms with Gasteiger partial charge in [0, 0.05) is 11.7 Å². The molecule has 1 aliphatic carbocycles. The predicted octanol–water partition coefficient (Wildman–Crippen LogP) is 2.58. The van der Waals surface area contributed by atoms with Crippen molar-refractivity contribution in [1.82, 2.24) is 5.32 Å². The van der Waals surface area contributed by atoms with E-state index in [4.69, 9.17) is 0 Å². The summed E-state index contributed by atoms with van der Waals surface area (Å²) in [4.78, 5) is 0. The third kappa shape index (κ3) is 5.13. The molecule has 1 aliphatic rings. The Morgan fingerprint density at radius 3 is 2.55 bits per heavy atom. The van der Waals surface area contributed by atoms with Crippen LogP contribution >= 0.6 is 0 Å². The first-order chi connectivity index (χ1) is 9.46. The summed E-state index contributed by atoms with van der Waals surface area (Å²) in [5.41, 5.74) is 2.92. The maximum Gasteiger partial charge on any atom is 0.232 e. The Balaban J connectivity index is 1.75. The van der Waals surface area contributed by atoms with Crippen molar-refractivity contribution < 1.29 is 8.42 Å². The van der Waals surface area contributed by atoms with Crippen LogP contribution < -0.4 is 10.0 Å². The van der Waals surface area contributed by atoms with Crippen LogP contribution in [0.1, 0.15) is 36.8 Å². The molecule has 1 fully saturated rings. The predicted molar refractivity (Wildman–Crippen MR) is 83.6 cm³/mol. The van der Waals surface area contributed by atoms with Gasteiger partial charge in [-0.05, 0) is 69.3 Å². The number of unbranched alkanes of at least 4 members (excludes halogenated alkanes) is 1. The van der Waals surface area contributed by atoms with Crippen LogP contribution in [0.5, 0.6) is 0 Å². The standard InChI is InChI=1S/C15H24N2O2S/c1-12-5-6-15(11-13(12)2)17-20(18,19)10-4-3-9-16-14-7-8-14/h5-6,11,14,16-17H,3-4,7-10H2,1-2H3. The fourth-order valence-corrected chi connectivity index (χ4v) is 3.22. The molecule has 112 valence electrons. The maximum atomic E-state index is 12.0. The van der Waals surface area contributed by atoms with Crippen molar-refractivity contribution in [2.24, 2.45) is 0 Å². The number of anilines is 1. The van der Waals surface area contributed by atoms with E-state index in [0.717, 1.165) is 18.5 Å². The lowest BCUT2D eigenvalue weighted by Crippen LogP contribution is -2.20. The first kappa shape index (κ1) is 15.3. The van der Waals surface area contributed by atoms with Crippen LogP contribution in [0.15, 0.2) is 18.2 Å². The Bertz CT molecular complexity index is 551. The van der Waals surface area contributed by atoms with Crippen LogP contribution in [0.3, 0.4) is 0 Å². The molecule has 0 aromatic heterocycles. The highest BCUT2D eigenvalue weighted by molar-refractivity contribution is 7.92. The van der Waals surface area contributed by atoms with E-state index in [0.29, 0.717) is 18.2 Å². The quantitative estimate of drug-likeness (QED) is 0.725. The van der Waals surface area contributed by atoms with E-state index in [2.05, 4.69) is 10.0 Å². The number of rotatable bonds is 8. The van der Waals surface area contributed by atoms with Crippen molar-refractivity contribution in [3.05, 3.63) is 29.3 Å². The molecule has 0 spiro atoms. The van der Waals surface area contributed by atoms with Crippen LogP contribution in [0.4, 0.5) is 5.69 Å². The zero-order chi connectivity index (χ0) is 14.6. The van der Waals surface area contributed by atoms with Gasteiger partial charge >= 0.3 is 0 Å². The lowest BCUT2D eigenvalue weighted by Gasteiger charge is -2.10. The molecule has 5 heteroatoms. The topological polar surface area (TPSA) is 58.2 Å². The average molecular weight is 296 g/mol. The number of benzene rings is 1. The van der Waals surface area contributed by atoms with E-state index in [1.54, 1.807) is 0 Å². The zero-order valence-corrected chi connectivity index (χ0v) is 13.1. The van der Waals surface area contributed by atoms with E-state index in [9.17, 15) is 8.42 Å². The monoisotopic (exact) mass is 296 g/mol. The van der Waals surface area contributed by atoms with E-state index in [-0.39, 0.29) is 5.75 Å². The van der Waals surface area contributed by atoms with Gasteiger partial charge in [-0.1, -0.05) is 6.07 Å². The van der Waals surface area contributed by atoms with E-state index in [1.165, 1.54) is 18.4 Å². The van der Waals surface area contributed by atoms with Gasteiger partial charge in [-0.15, -0.1) is 0 Å². The van der Waals surface area contributed by atoms with Gasteiger partial charge in [-0.2, -0.15) is 0 Å². The van der Waals surface area contributed by atoms with Gasteiger partial charge in [0.2, 0.25) is 10.0 Å². The largest absolute Gasteiger partial charge is 0.314 e. The van der Waals surface area contributed by atoms with Gasteiger partial charge in [-0.25, -0.2) is 8.42 Å². The van der Waals surface area contributed by atoms with E-state index in [1.807, 2.05) is 32.0 Å². The van der Waals surface area contributed by atoms with Gasteiger partial charge in [0.25, 0.3) is 0 Å². The Kier molecular flexibility index (Phi) is 5.05. The van der Waals surface area contributed by atoms with Gasteiger partial charge in [0.05, 0.1) is 5.75 Å². The highest BCUT2D eigenvalue weighted by Gasteiger charge is 2.19. The molecule has 4 nitrogen and oxygen atoms in total. The maximum absolute atomic E-state index is 12.0. The Labute approximate surface area is 122 Å². The summed E-state index contributed by atoms with van der Waals surface area (Å²) in [6, 6.07) is 6.32. The molecule has 0 heterocycles. The van der Waals surface area contributed by atoms with E-state index >= 15 is 0 Å². The Hall–Kier alpha value is -1.07. The molecule has 2 N–H and O–H groups in total. The van der Waals surface area contributed by atoms with Gasteiger partial charge in [0.1, 0.15) is 0 Å². The van der Waals surface area contributed by atoms with Crippen LogP contribution in [0, 0.1) is 13.8 Å². The minimum absolute atomic E-state index is 0.187. The lowest BCUT2D eigenvalue weighted by atomic mass is 10.1. The van der Waals surface area contributed by atoms with Crippen molar-refractivity contribution in [2.45, 2.75) is 45.6 Å². The molecule has 0 aliphatic heterocycles. The molecular weight excluding hydrogens is 272 g/mol. The highest BCUT2D eigenvalue weighted by Crippen LogP contribution is 2.18. The number of hydrogen-bond donors (Lipinski definition) is 2. The number of aryl methyl sites for hydroxylation is 2. The molecular formula is C15H24N2O2S. The first-order valence-corrected chi connectivity index (χ1v) is 8.93. The van der Waals surface area contributed by atoms with E-state index < -0.39 is 10.0 Å². The van der Waals surface area contributed by atoms with Crippen molar-refractivity contribution >= 4 is 15.7 Å². The van der Waals surface area contributed by atoms with Crippen LogP contribution in [-0.2, 0) is 10.0 Å². The van der Waals surface area contributed by atoms with Crippen LogP contribution in [0.2, 0.25) is 0 Å². The number of sulfonamides is 1. The van der Waals surface area contributed by atoms with Crippen molar-refractivity contribution in [3.8, 4) is 0 Å². The summed E-state index contributed by atoms with van der Waals surface area (Å²) >= 11 is 0. The normalized spacial score (nSPS) is 15.3. The van der Waals surface area contributed by atoms with Crippen LogP contribution in [0.25, 0.3) is 0 Å². The molecule has 2 rings (SSSR count). The zero-order valence-electron chi connectivity index (χ0n) is 12.3. The summed E-state index contributed by atoms with van der Waals surface area (Å²) < 4.78 is 26.6. The second kappa shape index (κ2) is 6.59. The summed E-state index contributed by atoms with van der Waals surface area (Å²) in [5, 5.41) is 3.39. The third-order valence-electron chi connectivity index (χ3n) is 3.63. The molecule has 0 bridgehead atoms. The van der Waals surface area contributed by atoms with Gasteiger partial charge in [0.15, 0.2) is 0 Å². The Morgan fingerprint density at radius 2 is 1.90 bits per heavy atom. The minimum Gasteiger partial charge on any atom is -0.314 e. The molecule has 0 atom stereocenters. The summed E-state index contributed by atoms with van der Waals surface area (Å²) in [7, 11) is -3.23. The van der Waals surface area contributed by atoms with Crippen LogP contribution in [-0.4, -0.2) is 26.8 Å². The molecule has 0 radical (unpaired) electrons. The number of hydrogen-bond acceptors (Lipinski definition) is 3. The fourth-order valence-electron chi connectivity index (χ4n) is 2.05. The summed E-state index contributed by atoms with van der Waals surface area (Å²) in [6.07, 6.45) is 4.14.